The fourth-order valence-corrected chi connectivity index (χ4v) is 4.41. The second-order valence-corrected chi connectivity index (χ2v) is 8.10. The third kappa shape index (κ3) is 4.05. The van der Waals surface area contributed by atoms with E-state index in [1.807, 2.05) is 13.0 Å². The van der Waals surface area contributed by atoms with Crippen molar-refractivity contribution < 1.29 is 13.2 Å². The molecule has 7 heteroatoms. The Hall–Kier alpha value is -2.25. The average Bonchev–Trinajstić information content (AvgIpc) is 2.62. The number of hydrogen-bond acceptors (Lipinski definition) is 4. The molecule has 2 heterocycles. The number of nitrogens with one attached hydrogen (secondary N) is 1. The minimum absolute atomic E-state index is 0.152. The topological polar surface area (TPSA) is 79.4 Å². The Labute approximate surface area is 147 Å². The number of aromatic nitrogens is 1. The maximum atomic E-state index is 12.7. The highest BCUT2D eigenvalue weighted by molar-refractivity contribution is 7.89. The van der Waals surface area contributed by atoms with Gasteiger partial charge in [-0.3, -0.25) is 4.79 Å². The molecule has 1 aliphatic rings. The van der Waals surface area contributed by atoms with E-state index in [0.717, 1.165) is 24.8 Å². The van der Waals surface area contributed by atoms with Gasteiger partial charge >= 0.3 is 0 Å². The summed E-state index contributed by atoms with van der Waals surface area (Å²) in [5.74, 6) is 0.0584. The first-order chi connectivity index (χ1) is 12.0. The smallest absolute Gasteiger partial charge is 0.256 e. The fraction of sp³-hybridized carbons (Fsp3) is 0.333. The lowest BCUT2D eigenvalue weighted by molar-refractivity contribution is 0.102. The summed E-state index contributed by atoms with van der Waals surface area (Å²) in [6, 6.07) is 9.74. The molecular formula is C18H21N3O3S. The third-order valence-electron chi connectivity index (χ3n) is 4.21. The van der Waals surface area contributed by atoms with Crippen LogP contribution in [0.2, 0.25) is 0 Å². The first kappa shape index (κ1) is 17.6. The zero-order valence-corrected chi connectivity index (χ0v) is 14.9. The maximum absolute atomic E-state index is 12.7. The van der Waals surface area contributed by atoms with Crippen LogP contribution >= 0.6 is 0 Å². The molecule has 1 N–H and O–H groups in total. The first-order valence-corrected chi connectivity index (χ1v) is 9.75. The van der Waals surface area contributed by atoms with Crippen LogP contribution in [0.25, 0.3) is 0 Å². The Morgan fingerprint density at radius 1 is 1.12 bits per heavy atom. The largest absolute Gasteiger partial charge is 0.307 e. The van der Waals surface area contributed by atoms with Gasteiger partial charge in [0.2, 0.25) is 10.0 Å². The fourth-order valence-electron chi connectivity index (χ4n) is 2.85. The minimum atomic E-state index is -3.56. The monoisotopic (exact) mass is 359 g/mol. The van der Waals surface area contributed by atoms with Gasteiger partial charge in [-0.1, -0.05) is 12.5 Å². The van der Waals surface area contributed by atoms with Gasteiger partial charge in [-0.2, -0.15) is 4.31 Å². The van der Waals surface area contributed by atoms with Crippen LogP contribution in [0.3, 0.4) is 0 Å². The average molecular weight is 359 g/mol. The normalized spacial score (nSPS) is 15.7. The molecule has 1 amide bonds. The lowest BCUT2D eigenvalue weighted by Gasteiger charge is -2.26. The van der Waals surface area contributed by atoms with E-state index in [1.165, 1.54) is 16.4 Å². The number of nitrogens with zero attached hydrogens (tertiary/aromatic N) is 2. The highest BCUT2D eigenvalue weighted by Gasteiger charge is 2.26. The molecule has 6 nitrogen and oxygen atoms in total. The summed E-state index contributed by atoms with van der Waals surface area (Å²) in [6.07, 6.45) is 4.41. The van der Waals surface area contributed by atoms with E-state index in [-0.39, 0.29) is 10.8 Å². The van der Waals surface area contributed by atoms with Crippen molar-refractivity contribution in [3.8, 4) is 0 Å². The highest BCUT2D eigenvalue weighted by Crippen LogP contribution is 2.21. The van der Waals surface area contributed by atoms with Crippen LogP contribution in [-0.4, -0.2) is 36.7 Å². The molecule has 3 rings (SSSR count). The Morgan fingerprint density at radius 3 is 2.60 bits per heavy atom. The third-order valence-corrected chi connectivity index (χ3v) is 6.10. The van der Waals surface area contributed by atoms with Crippen molar-refractivity contribution in [1.82, 2.24) is 9.29 Å². The Bertz CT molecular complexity index is 875. The van der Waals surface area contributed by atoms with Crippen molar-refractivity contribution in [2.75, 3.05) is 18.4 Å². The van der Waals surface area contributed by atoms with Crippen molar-refractivity contribution in [3.05, 3.63) is 53.7 Å². The summed E-state index contributed by atoms with van der Waals surface area (Å²) >= 11 is 0. The van der Waals surface area contributed by atoms with Gasteiger partial charge in [0, 0.05) is 24.8 Å². The molecular weight excluding hydrogens is 338 g/mol. The number of piperidine rings is 1. The standard InChI is InChI=1S/C18H21N3O3S/c1-14-8-9-19-17(12-14)20-18(22)15-6-5-7-16(13-15)25(23,24)21-10-3-2-4-11-21/h5-9,12-13H,2-4,10-11H2,1H3,(H,19,20,22). The van der Waals surface area contributed by atoms with Crippen molar-refractivity contribution in [1.29, 1.82) is 0 Å². The maximum Gasteiger partial charge on any atom is 0.256 e. The predicted octanol–water partition coefficient (Wildman–Crippen LogP) is 2.82. The van der Waals surface area contributed by atoms with E-state index >= 15 is 0 Å². The summed E-state index contributed by atoms with van der Waals surface area (Å²) in [5.41, 5.74) is 1.27. The van der Waals surface area contributed by atoms with E-state index in [1.54, 1.807) is 24.4 Å². The molecule has 1 fully saturated rings. The van der Waals surface area contributed by atoms with Gasteiger partial charge in [0.1, 0.15) is 5.82 Å². The molecule has 0 spiro atoms. The van der Waals surface area contributed by atoms with Gasteiger partial charge in [0.05, 0.1) is 4.90 Å². The lowest BCUT2D eigenvalue weighted by atomic mass is 10.2. The van der Waals surface area contributed by atoms with Gasteiger partial charge in [0.15, 0.2) is 0 Å². The van der Waals surface area contributed by atoms with E-state index in [9.17, 15) is 13.2 Å². The second kappa shape index (κ2) is 7.33. The molecule has 0 radical (unpaired) electrons. The van der Waals surface area contributed by atoms with Gasteiger partial charge in [-0.15, -0.1) is 0 Å². The molecule has 1 aromatic heterocycles. The van der Waals surface area contributed by atoms with Crippen LogP contribution in [0.15, 0.2) is 47.5 Å². The van der Waals surface area contributed by atoms with E-state index in [2.05, 4.69) is 10.3 Å². The summed E-state index contributed by atoms with van der Waals surface area (Å²) in [7, 11) is -3.56. The number of aryl methyl sites for hydroxylation is 1. The number of carbonyl (C=O) groups is 1. The molecule has 132 valence electrons. The molecule has 0 unspecified atom stereocenters. The number of hydrogen-bond donors (Lipinski definition) is 1. The molecule has 25 heavy (non-hydrogen) atoms. The first-order valence-electron chi connectivity index (χ1n) is 8.31. The molecule has 0 bridgehead atoms. The number of carbonyl (C=O) groups excluding carboxylic acids is 1. The van der Waals surface area contributed by atoms with Crippen LogP contribution < -0.4 is 5.32 Å². The molecule has 1 saturated heterocycles. The van der Waals surface area contributed by atoms with Crippen molar-refractivity contribution in [2.24, 2.45) is 0 Å². The van der Waals surface area contributed by atoms with Crippen LogP contribution in [-0.2, 0) is 10.0 Å². The Morgan fingerprint density at radius 2 is 1.88 bits per heavy atom. The zero-order valence-electron chi connectivity index (χ0n) is 14.1. The van der Waals surface area contributed by atoms with Gasteiger partial charge in [-0.05, 0) is 55.7 Å². The van der Waals surface area contributed by atoms with Gasteiger partial charge in [-0.25, -0.2) is 13.4 Å². The number of amides is 1. The number of anilines is 1. The Balaban J connectivity index is 1.82. The van der Waals surface area contributed by atoms with Crippen molar-refractivity contribution >= 4 is 21.7 Å². The predicted molar refractivity (Wildman–Crippen MR) is 96.0 cm³/mol. The van der Waals surface area contributed by atoms with Crippen molar-refractivity contribution in [3.63, 3.8) is 0 Å². The van der Waals surface area contributed by atoms with Crippen LogP contribution in [0.4, 0.5) is 5.82 Å². The lowest BCUT2D eigenvalue weighted by Crippen LogP contribution is -2.35. The number of pyridine rings is 1. The Kier molecular flexibility index (Phi) is 5.15. The van der Waals surface area contributed by atoms with E-state index in [0.29, 0.717) is 24.5 Å². The molecule has 1 aliphatic heterocycles. The van der Waals surface area contributed by atoms with Crippen LogP contribution in [0.5, 0.6) is 0 Å². The highest BCUT2D eigenvalue weighted by atomic mass is 32.2. The number of sulfonamides is 1. The van der Waals surface area contributed by atoms with Gasteiger partial charge in [0.25, 0.3) is 5.91 Å². The molecule has 0 atom stereocenters. The van der Waals surface area contributed by atoms with E-state index < -0.39 is 10.0 Å². The molecule has 1 aromatic carbocycles. The van der Waals surface area contributed by atoms with Gasteiger partial charge < -0.3 is 5.32 Å². The summed E-state index contributed by atoms with van der Waals surface area (Å²) in [4.78, 5) is 16.7. The summed E-state index contributed by atoms with van der Waals surface area (Å²) in [5, 5.41) is 2.70. The van der Waals surface area contributed by atoms with Crippen LogP contribution in [0.1, 0.15) is 35.2 Å². The molecule has 0 saturated carbocycles. The SMILES string of the molecule is Cc1ccnc(NC(=O)c2cccc(S(=O)(=O)N3CCCCC3)c2)c1. The molecule has 2 aromatic rings. The molecule has 0 aliphatic carbocycles. The zero-order chi connectivity index (χ0) is 17.9. The number of rotatable bonds is 4. The summed E-state index contributed by atoms with van der Waals surface area (Å²) in [6.45, 7) is 2.97. The van der Waals surface area contributed by atoms with E-state index in [4.69, 9.17) is 0 Å². The number of benzene rings is 1. The van der Waals surface area contributed by atoms with Crippen LogP contribution in [0, 0.1) is 6.92 Å². The minimum Gasteiger partial charge on any atom is -0.307 e. The summed E-state index contributed by atoms with van der Waals surface area (Å²) < 4.78 is 27.0. The second-order valence-electron chi connectivity index (χ2n) is 6.17. The quantitative estimate of drug-likeness (QED) is 0.910. The van der Waals surface area contributed by atoms with Crippen molar-refractivity contribution in [2.45, 2.75) is 31.1 Å².